The summed E-state index contributed by atoms with van der Waals surface area (Å²) in [5, 5.41) is 8.58. The monoisotopic (exact) mass is 267 g/mol. The highest BCUT2D eigenvalue weighted by molar-refractivity contribution is 5.66. The van der Waals surface area contributed by atoms with Crippen LogP contribution in [0.1, 0.15) is 18.4 Å². The summed E-state index contributed by atoms with van der Waals surface area (Å²) in [6.07, 6.45) is 1.53. The number of nitrogens with zero attached hydrogens (tertiary/aromatic N) is 1. The van der Waals surface area contributed by atoms with Crippen LogP contribution in [0.25, 0.3) is 0 Å². The van der Waals surface area contributed by atoms with Crippen LogP contribution in [0.2, 0.25) is 0 Å². The van der Waals surface area contributed by atoms with Crippen molar-refractivity contribution in [1.29, 1.82) is 0 Å². The fourth-order valence-electron chi connectivity index (χ4n) is 2.33. The second kappa shape index (κ2) is 6.02. The molecule has 0 aliphatic carbocycles. The van der Waals surface area contributed by atoms with Crippen LogP contribution in [0.3, 0.4) is 0 Å². The number of benzene rings is 1. The van der Waals surface area contributed by atoms with Crippen molar-refractivity contribution in [3.8, 4) is 5.75 Å². The number of ether oxygens (including phenoxy) is 1. The number of hydrogen-bond acceptors (Lipinski definition) is 3. The van der Waals surface area contributed by atoms with Crippen molar-refractivity contribution >= 4 is 5.97 Å². The van der Waals surface area contributed by atoms with Gasteiger partial charge >= 0.3 is 5.97 Å². The highest BCUT2D eigenvalue weighted by Crippen LogP contribution is 2.29. The van der Waals surface area contributed by atoms with Crippen LogP contribution in [-0.2, 0) is 11.2 Å². The van der Waals surface area contributed by atoms with Crippen LogP contribution in [0.4, 0.5) is 4.39 Å². The number of carbonyl (C=O) groups is 1. The first-order valence-corrected chi connectivity index (χ1v) is 6.40. The molecule has 19 heavy (non-hydrogen) atoms. The third kappa shape index (κ3) is 3.92. The molecule has 104 valence electrons. The van der Waals surface area contributed by atoms with Crippen molar-refractivity contribution in [2.24, 2.45) is 0 Å². The van der Waals surface area contributed by atoms with E-state index in [4.69, 9.17) is 9.84 Å². The third-order valence-corrected chi connectivity index (χ3v) is 3.21. The molecule has 0 bridgehead atoms. The molecule has 5 heteroatoms. The van der Waals surface area contributed by atoms with E-state index in [-0.39, 0.29) is 18.3 Å². The van der Waals surface area contributed by atoms with E-state index < -0.39 is 5.97 Å². The second-order valence-electron chi connectivity index (χ2n) is 4.96. The standard InChI is InChI=1S/C14H18FNO3/c1-16(6-2-3-14(17)18)9-12-8-10-7-11(15)4-5-13(10)19-12/h4-5,7,12H,2-3,6,8-9H2,1H3,(H,17,18). The van der Waals surface area contributed by atoms with Gasteiger partial charge in [-0.15, -0.1) is 0 Å². The van der Waals surface area contributed by atoms with Crippen LogP contribution >= 0.6 is 0 Å². The van der Waals surface area contributed by atoms with Gasteiger partial charge in [0.15, 0.2) is 0 Å². The summed E-state index contributed by atoms with van der Waals surface area (Å²) in [5.41, 5.74) is 0.906. The number of halogens is 1. The number of rotatable bonds is 6. The number of carboxylic acids is 1. The van der Waals surface area contributed by atoms with Gasteiger partial charge in [0.2, 0.25) is 0 Å². The Labute approximate surface area is 111 Å². The van der Waals surface area contributed by atoms with Gasteiger partial charge in [-0.05, 0) is 38.2 Å². The lowest BCUT2D eigenvalue weighted by Crippen LogP contribution is -2.32. The fraction of sp³-hybridized carbons (Fsp3) is 0.500. The summed E-state index contributed by atoms with van der Waals surface area (Å²) in [6, 6.07) is 4.58. The Hall–Kier alpha value is -1.62. The van der Waals surface area contributed by atoms with Gasteiger partial charge in [-0.25, -0.2) is 4.39 Å². The van der Waals surface area contributed by atoms with Crippen LogP contribution in [0.5, 0.6) is 5.75 Å². The van der Waals surface area contributed by atoms with Crippen molar-refractivity contribution in [1.82, 2.24) is 4.90 Å². The minimum atomic E-state index is -0.770. The number of carboxylic acid groups (broad SMARTS) is 1. The molecule has 4 nitrogen and oxygen atoms in total. The summed E-state index contributed by atoms with van der Waals surface area (Å²) in [4.78, 5) is 12.5. The number of fused-ring (bicyclic) bond motifs is 1. The molecular formula is C14H18FNO3. The van der Waals surface area contributed by atoms with Crippen molar-refractivity contribution in [2.45, 2.75) is 25.4 Å². The predicted octanol–water partition coefficient (Wildman–Crippen LogP) is 1.93. The largest absolute Gasteiger partial charge is 0.488 e. The van der Waals surface area contributed by atoms with Crippen LogP contribution in [0.15, 0.2) is 18.2 Å². The molecule has 0 saturated heterocycles. The van der Waals surface area contributed by atoms with E-state index in [1.165, 1.54) is 12.1 Å². The van der Waals surface area contributed by atoms with E-state index in [1.807, 2.05) is 7.05 Å². The number of likely N-dealkylation sites (N-methyl/N-ethyl adjacent to an activating group) is 1. The van der Waals surface area contributed by atoms with Gasteiger partial charge in [-0.2, -0.15) is 0 Å². The molecule has 1 N–H and O–H groups in total. The lowest BCUT2D eigenvalue weighted by molar-refractivity contribution is -0.137. The predicted molar refractivity (Wildman–Crippen MR) is 68.9 cm³/mol. The Bertz CT molecular complexity index is 464. The maximum atomic E-state index is 13.1. The summed E-state index contributed by atoms with van der Waals surface area (Å²) in [6.45, 7) is 1.44. The Morgan fingerprint density at radius 3 is 3.11 bits per heavy atom. The Morgan fingerprint density at radius 1 is 1.58 bits per heavy atom. The van der Waals surface area contributed by atoms with E-state index in [0.29, 0.717) is 12.8 Å². The molecule has 1 heterocycles. The lowest BCUT2D eigenvalue weighted by Gasteiger charge is -2.20. The van der Waals surface area contributed by atoms with Gasteiger partial charge in [-0.1, -0.05) is 0 Å². The van der Waals surface area contributed by atoms with Gasteiger partial charge in [-0.3, -0.25) is 4.79 Å². The average Bonchev–Trinajstić information content (AvgIpc) is 2.69. The molecule has 0 aromatic heterocycles. The molecular weight excluding hydrogens is 249 g/mol. The quantitative estimate of drug-likeness (QED) is 0.855. The zero-order chi connectivity index (χ0) is 13.8. The molecule has 2 rings (SSSR count). The van der Waals surface area contributed by atoms with Crippen molar-refractivity contribution in [2.75, 3.05) is 20.1 Å². The molecule has 0 amide bonds. The smallest absolute Gasteiger partial charge is 0.303 e. The summed E-state index contributed by atoms with van der Waals surface area (Å²) < 4.78 is 18.8. The van der Waals surface area contributed by atoms with Crippen LogP contribution < -0.4 is 4.74 Å². The third-order valence-electron chi connectivity index (χ3n) is 3.21. The van der Waals surface area contributed by atoms with Gasteiger partial charge in [0, 0.05) is 24.9 Å². The second-order valence-corrected chi connectivity index (χ2v) is 4.96. The SMILES string of the molecule is CN(CCCC(=O)O)CC1Cc2cc(F)ccc2O1. The van der Waals surface area contributed by atoms with E-state index in [9.17, 15) is 9.18 Å². The van der Waals surface area contributed by atoms with Crippen molar-refractivity contribution in [3.63, 3.8) is 0 Å². The molecule has 1 aromatic carbocycles. The van der Waals surface area contributed by atoms with E-state index in [1.54, 1.807) is 6.07 Å². The molecule has 1 aromatic rings. The first kappa shape index (κ1) is 13.8. The Morgan fingerprint density at radius 2 is 2.37 bits per heavy atom. The van der Waals surface area contributed by atoms with Gasteiger partial charge in [0.25, 0.3) is 0 Å². The molecule has 1 unspecified atom stereocenters. The molecule has 0 spiro atoms. The highest BCUT2D eigenvalue weighted by Gasteiger charge is 2.24. The minimum Gasteiger partial charge on any atom is -0.488 e. The van der Waals surface area contributed by atoms with E-state index in [2.05, 4.69) is 4.90 Å². The van der Waals surface area contributed by atoms with Gasteiger partial charge < -0.3 is 14.7 Å². The Kier molecular flexibility index (Phi) is 4.37. The summed E-state index contributed by atoms with van der Waals surface area (Å²) in [5.74, 6) is -0.253. The fourth-order valence-corrected chi connectivity index (χ4v) is 2.33. The molecule has 0 saturated carbocycles. The zero-order valence-electron chi connectivity index (χ0n) is 10.9. The molecule has 1 aliphatic rings. The van der Waals surface area contributed by atoms with Crippen molar-refractivity contribution < 1.29 is 19.0 Å². The maximum absolute atomic E-state index is 13.1. The maximum Gasteiger partial charge on any atom is 0.303 e. The normalized spacial score (nSPS) is 17.3. The summed E-state index contributed by atoms with van der Waals surface area (Å²) >= 11 is 0. The number of hydrogen-bond donors (Lipinski definition) is 1. The molecule has 1 atom stereocenters. The first-order valence-electron chi connectivity index (χ1n) is 6.40. The Balaban J connectivity index is 1.78. The summed E-state index contributed by atoms with van der Waals surface area (Å²) in [7, 11) is 1.94. The lowest BCUT2D eigenvalue weighted by atomic mass is 10.1. The molecule has 1 aliphatic heterocycles. The van der Waals surface area contributed by atoms with Crippen molar-refractivity contribution in [3.05, 3.63) is 29.6 Å². The number of aliphatic carboxylic acids is 1. The van der Waals surface area contributed by atoms with E-state index in [0.717, 1.165) is 24.4 Å². The molecule has 0 fully saturated rings. The first-order chi connectivity index (χ1) is 9.04. The van der Waals surface area contributed by atoms with Gasteiger partial charge in [0.05, 0.1) is 0 Å². The zero-order valence-corrected chi connectivity index (χ0v) is 10.9. The van der Waals surface area contributed by atoms with E-state index >= 15 is 0 Å². The van der Waals surface area contributed by atoms with Gasteiger partial charge in [0.1, 0.15) is 17.7 Å². The molecule has 0 radical (unpaired) electrons. The van der Waals surface area contributed by atoms with Crippen LogP contribution in [-0.4, -0.2) is 42.2 Å². The highest BCUT2D eigenvalue weighted by atomic mass is 19.1. The minimum absolute atomic E-state index is 0.0200. The topological polar surface area (TPSA) is 49.8 Å². The average molecular weight is 267 g/mol. The van der Waals surface area contributed by atoms with Crippen LogP contribution in [0, 0.1) is 5.82 Å².